The first-order chi connectivity index (χ1) is 6.31. The second-order valence-electron chi connectivity index (χ2n) is 2.76. The molecule has 0 unspecified atom stereocenters. The largest absolute Gasteiger partial charge is 0.380 e. The molecule has 0 saturated carbocycles. The number of ether oxygens (including phenoxy) is 1. The molecule has 0 aromatic heterocycles. The average molecular weight is 175 g/mol. The van der Waals surface area contributed by atoms with Gasteiger partial charge >= 0.3 is 0 Å². The summed E-state index contributed by atoms with van der Waals surface area (Å²) in [7, 11) is 1.66. The highest BCUT2D eigenvalue weighted by Gasteiger charge is 2.00. The maximum atomic E-state index is 5.57. The highest BCUT2D eigenvalue weighted by atomic mass is 16.5. The lowest BCUT2D eigenvalue weighted by Gasteiger charge is -2.06. The van der Waals surface area contributed by atoms with E-state index in [4.69, 9.17) is 16.9 Å². The van der Waals surface area contributed by atoms with Crippen LogP contribution in [0, 0.1) is 12.3 Å². The number of rotatable bonds is 3. The minimum atomic E-state index is 0.517. The molecule has 2 N–H and O–H groups in total. The quantitative estimate of drug-likeness (QED) is 0.702. The molecule has 0 saturated heterocycles. The van der Waals surface area contributed by atoms with Crippen molar-refractivity contribution in [1.29, 1.82) is 0 Å². The molecule has 68 valence electrons. The Morgan fingerprint density at radius 3 is 2.77 bits per heavy atom. The van der Waals surface area contributed by atoms with E-state index in [-0.39, 0.29) is 0 Å². The van der Waals surface area contributed by atoms with Gasteiger partial charge in [-0.25, -0.2) is 0 Å². The molecular formula is C11H13NO. The first-order valence-corrected chi connectivity index (χ1v) is 4.09. The van der Waals surface area contributed by atoms with Gasteiger partial charge < -0.3 is 10.5 Å². The normalized spacial score (nSPS) is 9.62. The molecule has 0 heterocycles. The molecule has 2 heteroatoms. The molecule has 2 nitrogen and oxygen atoms in total. The van der Waals surface area contributed by atoms with Crippen LogP contribution < -0.4 is 5.73 Å². The lowest BCUT2D eigenvalue weighted by molar-refractivity contribution is 0.184. The minimum Gasteiger partial charge on any atom is -0.380 e. The molecule has 0 fully saturated rings. The molecule has 0 spiro atoms. The van der Waals surface area contributed by atoms with E-state index in [2.05, 4.69) is 5.92 Å². The van der Waals surface area contributed by atoms with Crippen molar-refractivity contribution in [3.8, 4) is 12.3 Å². The van der Waals surface area contributed by atoms with E-state index in [1.807, 2.05) is 18.2 Å². The molecule has 0 aliphatic rings. The molecule has 1 rings (SSSR count). The molecule has 0 atom stereocenters. The van der Waals surface area contributed by atoms with Gasteiger partial charge in [0.1, 0.15) is 0 Å². The summed E-state index contributed by atoms with van der Waals surface area (Å²) in [6.07, 6.45) is 5.28. The number of hydrogen-bond acceptors (Lipinski definition) is 2. The van der Waals surface area contributed by atoms with E-state index in [1.165, 1.54) is 0 Å². The van der Waals surface area contributed by atoms with Gasteiger partial charge in [0.05, 0.1) is 6.61 Å². The fourth-order valence-electron chi connectivity index (χ4n) is 1.20. The van der Waals surface area contributed by atoms with Crippen molar-refractivity contribution in [1.82, 2.24) is 0 Å². The predicted molar refractivity (Wildman–Crippen MR) is 53.0 cm³/mol. The Morgan fingerprint density at radius 1 is 1.46 bits per heavy atom. The van der Waals surface area contributed by atoms with Crippen LogP contribution in [0.5, 0.6) is 0 Å². The molecular weight excluding hydrogens is 162 g/mol. The second-order valence-corrected chi connectivity index (χ2v) is 2.76. The van der Waals surface area contributed by atoms with Crippen molar-refractivity contribution in [2.24, 2.45) is 5.73 Å². The molecule has 1 aromatic rings. The maximum Gasteiger partial charge on any atom is 0.0716 e. The fraction of sp³-hybridized carbons (Fsp3) is 0.273. The number of benzene rings is 1. The van der Waals surface area contributed by atoms with Gasteiger partial charge in [-0.1, -0.05) is 12.0 Å². The fourth-order valence-corrected chi connectivity index (χ4v) is 1.20. The lowest BCUT2D eigenvalue weighted by Crippen LogP contribution is -2.02. The Kier molecular flexibility index (Phi) is 3.51. The molecule has 13 heavy (non-hydrogen) atoms. The van der Waals surface area contributed by atoms with Crippen LogP contribution >= 0.6 is 0 Å². The number of nitrogens with two attached hydrogens (primary N) is 1. The summed E-state index contributed by atoms with van der Waals surface area (Å²) in [5, 5.41) is 0. The van der Waals surface area contributed by atoms with Crippen LogP contribution in [0.1, 0.15) is 16.7 Å². The Hall–Kier alpha value is -1.30. The third-order valence-corrected chi connectivity index (χ3v) is 1.89. The number of terminal acetylenes is 1. The van der Waals surface area contributed by atoms with Crippen LogP contribution in [0.2, 0.25) is 0 Å². The SMILES string of the molecule is C#Cc1ccc(CN)c(COC)c1. The van der Waals surface area contributed by atoms with Crippen LogP contribution in [0.15, 0.2) is 18.2 Å². The molecule has 0 aliphatic heterocycles. The molecule has 0 amide bonds. The van der Waals surface area contributed by atoms with E-state index in [0.29, 0.717) is 13.2 Å². The Balaban J connectivity index is 3.04. The van der Waals surface area contributed by atoms with Crippen LogP contribution in [-0.2, 0) is 17.9 Å². The zero-order valence-corrected chi connectivity index (χ0v) is 7.71. The zero-order valence-electron chi connectivity index (χ0n) is 7.71. The average Bonchev–Trinajstić information content (AvgIpc) is 2.18. The van der Waals surface area contributed by atoms with Crippen molar-refractivity contribution in [3.05, 3.63) is 34.9 Å². The van der Waals surface area contributed by atoms with Crippen LogP contribution in [0.25, 0.3) is 0 Å². The third-order valence-electron chi connectivity index (χ3n) is 1.89. The molecule has 0 radical (unpaired) electrons. The van der Waals surface area contributed by atoms with Gasteiger partial charge in [-0.15, -0.1) is 6.42 Å². The predicted octanol–water partition coefficient (Wildman–Crippen LogP) is 1.27. The summed E-state index contributed by atoms with van der Waals surface area (Å²) < 4.78 is 5.05. The van der Waals surface area contributed by atoms with Gasteiger partial charge in [0.15, 0.2) is 0 Å². The van der Waals surface area contributed by atoms with E-state index >= 15 is 0 Å². The van der Waals surface area contributed by atoms with Gasteiger partial charge in [-0.05, 0) is 23.3 Å². The number of methoxy groups -OCH3 is 1. The van der Waals surface area contributed by atoms with Gasteiger partial charge in [0.2, 0.25) is 0 Å². The zero-order chi connectivity index (χ0) is 9.68. The topological polar surface area (TPSA) is 35.2 Å². The van der Waals surface area contributed by atoms with Crippen LogP contribution in [0.3, 0.4) is 0 Å². The highest BCUT2D eigenvalue weighted by Crippen LogP contribution is 2.12. The van der Waals surface area contributed by atoms with Crippen molar-refractivity contribution in [2.45, 2.75) is 13.2 Å². The lowest BCUT2D eigenvalue weighted by atomic mass is 10.0. The van der Waals surface area contributed by atoms with E-state index < -0.39 is 0 Å². The summed E-state index contributed by atoms with van der Waals surface area (Å²) >= 11 is 0. The maximum absolute atomic E-state index is 5.57. The summed E-state index contributed by atoms with van der Waals surface area (Å²) in [6.45, 7) is 1.07. The van der Waals surface area contributed by atoms with Crippen LogP contribution in [0.4, 0.5) is 0 Å². The Morgan fingerprint density at radius 2 is 2.23 bits per heavy atom. The third kappa shape index (κ3) is 2.32. The van der Waals surface area contributed by atoms with Gasteiger partial charge in [0, 0.05) is 19.2 Å². The molecule has 0 bridgehead atoms. The highest BCUT2D eigenvalue weighted by molar-refractivity contribution is 5.39. The standard InChI is InChI=1S/C11H13NO/c1-3-9-4-5-10(7-12)11(6-9)8-13-2/h1,4-6H,7-8,12H2,2H3. The summed E-state index contributed by atoms with van der Waals surface area (Å²) in [5.41, 5.74) is 8.58. The van der Waals surface area contributed by atoms with Crippen LogP contribution in [-0.4, -0.2) is 7.11 Å². The van der Waals surface area contributed by atoms with E-state index in [9.17, 15) is 0 Å². The summed E-state index contributed by atoms with van der Waals surface area (Å²) in [4.78, 5) is 0. The molecule has 1 aromatic carbocycles. The van der Waals surface area contributed by atoms with Crippen molar-refractivity contribution in [2.75, 3.05) is 7.11 Å². The van der Waals surface area contributed by atoms with Gasteiger partial charge in [0.25, 0.3) is 0 Å². The van der Waals surface area contributed by atoms with Gasteiger partial charge in [-0.3, -0.25) is 0 Å². The van der Waals surface area contributed by atoms with E-state index in [1.54, 1.807) is 7.11 Å². The Labute approximate surface area is 78.7 Å². The monoisotopic (exact) mass is 175 g/mol. The van der Waals surface area contributed by atoms with Crippen molar-refractivity contribution >= 4 is 0 Å². The first-order valence-electron chi connectivity index (χ1n) is 4.09. The Bertz CT molecular complexity index is 325. The molecule has 0 aliphatic carbocycles. The summed E-state index contributed by atoms with van der Waals surface area (Å²) in [5.74, 6) is 2.58. The van der Waals surface area contributed by atoms with Crippen molar-refractivity contribution < 1.29 is 4.74 Å². The summed E-state index contributed by atoms with van der Waals surface area (Å²) in [6, 6.07) is 5.77. The smallest absolute Gasteiger partial charge is 0.0716 e. The first kappa shape index (κ1) is 9.79. The van der Waals surface area contributed by atoms with E-state index in [0.717, 1.165) is 16.7 Å². The van der Waals surface area contributed by atoms with Crippen molar-refractivity contribution in [3.63, 3.8) is 0 Å². The number of hydrogen-bond donors (Lipinski definition) is 1. The van der Waals surface area contributed by atoms with Gasteiger partial charge in [-0.2, -0.15) is 0 Å². The second kappa shape index (κ2) is 4.66. The minimum absolute atomic E-state index is 0.517.